The van der Waals surface area contributed by atoms with Gasteiger partial charge >= 0.3 is 21.7 Å². The van der Waals surface area contributed by atoms with Gasteiger partial charge in [-0.1, -0.05) is 104 Å². The number of rotatable bonds is 4. The van der Waals surface area contributed by atoms with Gasteiger partial charge in [0.05, 0.1) is 0 Å². The molecule has 0 unspecified atom stereocenters. The van der Waals surface area contributed by atoms with E-state index in [1.165, 1.54) is 26.3 Å². The predicted octanol–water partition coefficient (Wildman–Crippen LogP) is -5.21. The number of hydrogen-bond donors (Lipinski definition) is 0. The maximum absolute atomic E-state index is 3.73. The van der Waals surface area contributed by atoms with Crippen molar-refractivity contribution in [2.45, 2.75) is 13.3 Å². The summed E-state index contributed by atoms with van der Waals surface area (Å²) in [6.07, 6.45) is 7.04. The van der Waals surface area contributed by atoms with Crippen LogP contribution >= 0.6 is 0 Å². The van der Waals surface area contributed by atoms with Crippen LogP contribution in [0.5, 0.6) is 0 Å². The standard InChI is InChI=1S/C24H21Si.3ClH.Ti/c1-20-17-18-24(19-20)25(21-11-5-2-6-12-21,22-13-7-3-8-14-22)23-15-9-4-10-16-23;;;;/h2-17H,18H2,1H3;3*1H;/q-1;;;;+4/p-3. The van der Waals surface area contributed by atoms with Crippen molar-refractivity contribution in [3.8, 4) is 0 Å². The number of hydrogen-bond acceptors (Lipinski definition) is 0. The first-order valence-corrected chi connectivity index (χ1v) is 10.8. The Kier molecular flexibility index (Phi) is 12.1. The van der Waals surface area contributed by atoms with Crippen LogP contribution in [0, 0.1) is 6.08 Å². The second-order valence-electron chi connectivity index (χ2n) is 6.54. The van der Waals surface area contributed by atoms with Crippen LogP contribution in [0.3, 0.4) is 0 Å². The Morgan fingerprint density at radius 2 is 0.966 bits per heavy atom. The van der Waals surface area contributed by atoms with Crippen LogP contribution in [0.4, 0.5) is 0 Å². The van der Waals surface area contributed by atoms with Gasteiger partial charge < -0.3 is 37.2 Å². The second-order valence-corrected chi connectivity index (χ2v) is 10.4. The van der Waals surface area contributed by atoms with Crippen LogP contribution in [-0.2, 0) is 21.7 Å². The Labute approximate surface area is 208 Å². The third-order valence-corrected chi connectivity index (χ3v) is 9.87. The zero-order valence-corrected chi connectivity index (χ0v) is 20.9. The van der Waals surface area contributed by atoms with E-state index in [4.69, 9.17) is 0 Å². The van der Waals surface area contributed by atoms with Crippen LogP contribution in [-0.4, -0.2) is 8.07 Å². The maximum Gasteiger partial charge on any atom is 4.00 e. The summed E-state index contributed by atoms with van der Waals surface area (Å²) in [7, 11) is -2.28. The maximum atomic E-state index is 3.73. The Hall–Kier alpha value is -1.06. The van der Waals surface area contributed by atoms with Gasteiger partial charge in [-0.2, -0.15) is 5.20 Å². The fourth-order valence-electron chi connectivity index (χ4n) is 3.93. The van der Waals surface area contributed by atoms with Crippen molar-refractivity contribution in [3.63, 3.8) is 0 Å². The zero-order valence-electron chi connectivity index (χ0n) is 16.1. The molecule has 0 saturated heterocycles. The van der Waals surface area contributed by atoms with E-state index < -0.39 is 8.07 Å². The first-order chi connectivity index (χ1) is 12.3. The molecule has 1 aliphatic carbocycles. The van der Waals surface area contributed by atoms with Crippen LogP contribution in [0.15, 0.2) is 108 Å². The predicted molar refractivity (Wildman–Crippen MR) is 109 cm³/mol. The van der Waals surface area contributed by atoms with Crippen LogP contribution in [0.1, 0.15) is 13.3 Å². The average Bonchev–Trinajstić information content (AvgIpc) is 3.12. The largest absolute Gasteiger partial charge is 4.00 e. The minimum atomic E-state index is -2.28. The molecular formula is C24H21Cl3SiTi. The smallest absolute Gasteiger partial charge is 1.00 e. The first-order valence-electron chi connectivity index (χ1n) is 8.78. The Morgan fingerprint density at radius 1 is 0.621 bits per heavy atom. The van der Waals surface area contributed by atoms with E-state index in [1.807, 2.05) is 0 Å². The molecule has 0 amide bonds. The molecule has 3 aromatic carbocycles. The molecule has 0 fully saturated rings. The number of benzene rings is 3. The molecule has 0 nitrogen and oxygen atoms in total. The molecule has 0 aromatic heterocycles. The molecule has 4 rings (SSSR count). The molecule has 0 heterocycles. The van der Waals surface area contributed by atoms with Crippen LogP contribution in [0.25, 0.3) is 0 Å². The summed E-state index contributed by atoms with van der Waals surface area (Å²) in [4.78, 5) is 0. The van der Waals surface area contributed by atoms with Crippen molar-refractivity contribution in [1.29, 1.82) is 0 Å². The fraction of sp³-hybridized carbons (Fsp3) is 0.0833. The van der Waals surface area contributed by atoms with Crippen molar-refractivity contribution >= 4 is 23.6 Å². The molecule has 0 N–H and O–H groups in total. The molecule has 29 heavy (non-hydrogen) atoms. The molecule has 0 aliphatic heterocycles. The van der Waals surface area contributed by atoms with Gasteiger partial charge in [-0.05, 0) is 15.6 Å². The third-order valence-electron chi connectivity index (χ3n) is 5.03. The van der Waals surface area contributed by atoms with Crippen molar-refractivity contribution in [1.82, 2.24) is 0 Å². The van der Waals surface area contributed by atoms with Crippen molar-refractivity contribution in [2.75, 3.05) is 0 Å². The normalized spacial score (nSPS) is 12.2. The van der Waals surface area contributed by atoms with Gasteiger partial charge in [0, 0.05) is 0 Å². The third kappa shape index (κ3) is 5.36. The first kappa shape index (κ1) is 27.9. The Balaban J connectivity index is 0.00000196. The Morgan fingerprint density at radius 3 is 1.24 bits per heavy atom. The summed E-state index contributed by atoms with van der Waals surface area (Å²) in [6.45, 7) is 2.16. The van der Waals surface area contributed by atoms with Crippen molar-refractivity contribution < 1.29 is 58.9 Å². The van der Waals surface area contributed by atoms with Gasteiger partial charge in [-0.25, -0.2) is 11.6 Å². The fourth-order valence-corrected chi connectivity index (χ4v) is 8.84. The van der Waals surface area contributed by atoms with E-state index in [9.17, 15) is 0 Å². The van der Waals surface area contributed by atoms with Crippen LogP contribution < -0.4 is 52.8 Å². The molecule has 146 valence electrons. The molecule has 0 saturated carbocycles. The molecule has 1 aliphatic rings. The molecule has 0 atom stereocenters. The summed E-state index contributed by atoms with van der Waals surface area (Å²) in [6, 6.07) is 33.1. The van der Waals surface area contributed by atoms with Crippen molar-refractivity contribution in [2.24, 2.45) is 0 Å². The molecule has 0 spiro atoms. The van der Waals surface area contributed by atoms with Gasteiger partial charge in [0.15, 0.2) is 8.07 Å². The molecule has 0 radical (unpaired) electrons. The summed E-state index contributed by atoms with van der Waals surface area (Å²) < 4.78 is 0. The van der Waals surface area contributed by atoms with Gasteiger partial charge in [0.1, 0.15) is 0 Å². The second kappa shape index (κ2) is 12.6. The van der Waals surface area contributed by atoms with Crippen molar-refractivity contribution in [3.05, 3.63) is 114 Å². The van der Waals surface area contributed by atoms with E-state index in [-0.39, 0.29) is 58.9 Å². The van der Waals surface area contributed by atoms with Gasteiger partial charge in [-0.3, -0.25) is 6.08 Å². The molecular weight excluding hydrogens is 471 g/mol. The summed E-state index contributed by atoms with van der Waals surface area (Å²) in [5.41, 5.74) is 1.26. The topological polar surface area (TPSA) is 0 Å². The molecule has 5 heteroatoms. The number of allylic oxidation sites excluding steroid dienone is 4. The minimum absolute atomic E-state index is 0. The SMILES string of the molecule is CC1=CCC([Si](c2ccccc2)(c2ccccc2)c2ccccc2)=[C-]1.[Cl-].[Cl-].[Cl-].[Ti+4]. The minimum Gasteiger partial charge on any atom is -1.00 e. The average molecular weight is 492 g/mol. The summed E-state index contributed by atoms with van der Waals surface area (Å²) in [5, 5.41) is 5.74. The molecule has 3 aromatic rings. The summed E-state index contributed by atoms with van der Waals surface area (Å²) >= 11 is 0. The van der Waals surface area contributed by atoms with E-state index in [1.54, 1.807) is 0 Å². The van der Waals surface area contributed by atoms with E-state index in [0.29, 0.717) is 0 Å². The monoisotopic (exact) mass is 490 g/mol. The van der Waals surface area contributed by atoms with E-state index in [0.717, 1.165) is 6.42 Å². The van der Waals surface area contributed by atoms with E-state index >= 15 is 0 Å². The zero-order chi connectivity index (χ0) is 17.1. The Bertz CT molecular complexity index is 829. The quantitative estimate of drug-likeness (QED) is 0.195. The van der Waals surface area contributed by atoms with E-state index in [2.05, 4.69) is 110 Å². The van der Waals surface area contributed by atoms with Gasteiger partial charge in [0.2, 0.25) is 0 Å². The molecule has 0 bridgehead atoms. The number of halogens is 3. The summed E-state index contributed by atoms with van der Waals surface area (Å²) in [5.74, 6) is 0. The van der Waals surface area contributed by atoms with Crippen LogP contribution in [0.2, 0.25) is 0 Å². The van der Waals surface area contributed by atoms with Gasteiger partial charge in [0.25, 0.3) is 0 Å². The van der Waals surface area contributed by atoms with Gasteiger partial charge in [-0.15, -0.1) is 0 Å².